The molecule has 18 heavy (non-hydrogen) atoms. The Morgan fingerprint density at radius 1 is 1.33 bits per heavy atom. The van der Waals surface area contributed by atoms with E-state index in [0.717, 1.165) is 13.2 Å². The third kappa shape index (κ3) is 3.34. The quantitative estimate of drug-likeness (QED) is 0.751. The van der Waals surface area contributed by atoms with Gasteiger partial charge in [0.25, 0.3) is 0 Å². The van der Waals surface area contributed by atoms with Gasteiger partial charge in [-0.15, -0.1) is 0 Å². The van der Waals surface area contributed by atoms with Crippen LogP contribution in [0.2, 0.25) is 0 Å². The van der Waals surface area contributed by atoms with E-state index in [1.165, 1.54) is 30.4 Å². The third-order valence-corrected chi connectivity index (χ3v) is 3.59. The minimum absolute atomic E-state index is 0.532. The predicted octanol–water partition coefficient (Wildman–Crippen LogP) is 1.75. The highest BCUT2D eigenvalue weighted by atomic mass is 16.5. The lowest BCUT2D eigenvalue weighted by Gasteiger charge is -2.21. The maximum Gasteiger partial charge on any atom is 0.0701 e. The Kier molecular flexibility index (Phi) is 5.23. The Morgan fingerprint density at radius 3 is 3.00 bits per heavy atom. The van der Waals surface area contributed by atoms with Gasteiger partial charge < -0.3 is 19.4 Å². The van der Waals surface area contributed by atoms with Gasteiger partial charge in [-0.25, -0.2) is 0 Å². The smallest absolute Gasteiger partial charge is 0.0701 e. The molecule has 102 valence electrons. The van der Waals surface area contributed by atoms with Crippen molar-refractivity contribution < 1.29 is 9.47 Å². The van der Waals surface area contributed by atoms with Crippen LogP contribution >= 0.6 is 0 Å². The van der Waals surface area contributed by atoms with E-state index in [1.807, 2.05) is 7.05 Å². The molecule has 0 aromatic carbocycles. The molecule has 1 atom stereocenters. The Hall–Kier alpha value is -0.840. The van der Waals surface area contributed by atoms with Gasteiger partial charge in [0, 0.05) is 32.1 Å². The zero-order valence-electron chi connectivity index (χ0n) is 11.4. The summed E-state index contributed by atoms with van der Waals surface area (Å²) in [6.07, 6.45) is 8.30. The first-order valence-corrected chi connectivity index (χ1v) is 6.77. The lowest BCUT2D eigenvalue weighted by atomic mass is 9.91. The van der Waals surface area contributed by atoms with Crippen molar-refractivity contribution in [1.82, 2.24) is 9.88 Å². The summed E-state index contributed by atoms with van der Waals surface area (Å²) in [4.78, 5) is 0. The maximum absolute atomic E-state index is 5.50. The molecule has 0 saturated carbocycles. The van der Waals surface area contributed by atoms with Gasteiger partial charge in [-0.1, -0.05) is 0 Å². The molecule has 1 aromatic heterocycles. The van der Waals surface area contributed by atoms with Crippen LogP contribution in [0.1, 0.15) is 30.0 Å². The summed E-state index contributed by atoms with van der Waals surface area (Å²) in [6.45, 7) is 3.02. The molecule has 0 bridgehead atoms. The number of nitrogens with zero attached hydrogens (tertiary/aromatic N) is 1. The first-order chi connectivity index (χ1) is 8.85. The number of hydrogen-bond donors (Lipinski definition) is 1. The minimum atomic E-state index is 0.532. The highest BCUT2D eigenvalue weighted by Gasteiger charge is 2.20. The molecule has 4 heteroatoms. The highest BCUT2D eigenvalue weighted by Crippen LogP contribution is 2.29. The second kappa shape index (κ2) is 6.92. The van der Waals surface area contributed by atoms with Gasteiger partial charge in [-0.05, 0) is 37.4 Å². The lowest BCUT2D eigenvalue weighted by Crippen LogP contribution is -2.20. The normalized spacial score (nSPS) is 18.9. The maximum atomic E-state index is 5.50. The number of methoxy groups -OCH3 is 1. The van der Waals surface area contributed by atoms with Crippen LogP contribution in [-0.2, 0) is 22.4 Å². The van der Waals surface area contributed by atoms with E-state index in [4.69, 9.17) is 9.47 Å². The second-order valence-electron chi connectivity index (χ2n) is 4.82. The van der Waals surface area contributed by atoms with Crippen molar-refractivity contribution in [2.24, 2.45) is 0 Å². The van der Waals surface area contributed by atoms with Crippen LogP contribution < -0.4 is 5.32 Å². The van der Waals surface area contributed by atoms with Gasteiger partial charge in [-0.2, -0.15) is 0 Å². The van der Waals surface area contributed by atoms with Crippen molar-refractivity contribution in [3.05, 3.63) is 23.5 Å². The van der Waals surface area contributed by atoms with Gasteiger partial charge in [0.1, 0.15) is 0 Å². The van der Waals surface area contributed by atoms with Crippen LogP contribution in [0.15, 0.2) is 12.4 Å². The van der Waals surface area contributed by atoms with Crippen LogP contribution in [0.25, 0.3) is 0 Å². The van der Waals surface area contributed by atoms with E-state index in [0.29, 0.717) is 19.3 Å². The molecular weight excluding hydrogens is 228 g/mol. The molecule has 0 saturated heterocycles. The van der Waals surface area contributed by atoms with Crippen LogP contribution in [0.3, 0.4) is 0 Å². The van der Waals surface area contributed by atoms with Crippen molar-refractivity contribution in [3.8, 4) is 0 Å². The summed E-state index contributed by atoms with van der Waals surface area (Å²) in [5.41, 5.74) is 2.97. The molecule has 0 spiro atoms. The van der Waals surface area contributed by atoms with Crippen LogP contribution in [0, 0.1) is 0 Å². The molecule has 1 aliphatic carbocycles. The zero-order valence-corrected chi connectivity index (χ0v) is 11.4. The number of aromatic nitrogens is 1. The minimum Gasteiger partial charge on any atom is -0.382 e. The Balaban J connectivity index is 1.85. The largest absolute Gasteiger partial charge is 0.382 e. The summed E-state index contributed by atoms with van der Waals surface area (Å²) in [5.74, 6) is 0. The highest BCUT2D eigenvalue weighted by molar-refractivity contribution is 5.30. The fraction of sp³-hybridized carbons (Fsp3) is 0.714. The van der Waals surface area contributed by atoms with Crippen LogP contribution in [0.4, 0.5) is 0 Å². The van der Waals surface area contributed by atoms with Crippen molar-refractivity contribution in [2.75, 3.05) is 34.0 Å². The summed E-state index contributed by atoms with van der Waals surface area (Å²) >= 11 is 0. The molecule has 2 rings (SSSR count). The summed E-state index contributed by atoms with van der Waals surface area (Å²) < 4.78 is 12.7. The number of rotatable bonds is 7. The average molecular weight is 252 g/mol. The molecule has 1 aromatic rings. The summed E-state index contributed by atoms with van der Waals surface area (Å²) in [7, 11) is 3.74. The molecule has 0 radical (unpaired) electrons. The molecule has 0 aliphatic heterocycles. The van der Waals surface area contributed by atoms with Crippen LogP contribution in [0.5, 0.6) is 0 Å². The third-order valence-electron chi connectivity index (χ3n) is 3.59. The summed E-state index contributed by atoms with van der Waals surface area (Å²) in [5, 5.41) is 3.40. The van der Waals surface area contributed by atoms with Crippen LogP contribution in [-0.4, -0.2) is 38.5 Å². The van der Waals surface area contributed by atoms with Crippen molar-refractivity contribution in [2.45, 2.75) is 31.8 Å². The summed E-state index contributed by atoms with van der Waals surface area (Å²) in [6, 6.07) is 0.532. The van der Waals surface area contributed by atoms with E-state index in [-0.39, 0.29) is 0 Å². The van der Waals surface area contributed by atoms with Crippen molar-refractivity contribution >= 4 is 0 Å². The fourth-order valence-corrected chi connectivity index (χ4v) is 2.59. The van der Waals surface area contributed by atoms with Gasteiger partial charge in [0.2, 0.25) is 0 Å². The SMILES string of the molecule is CNC1CCCc2cn(CCOCCOC)cc21. The van der Waals surface area contributed by atoms with Gasteiger partial charge in [-0.3, -0.25) is 0 Å². The molecule has 1 N–H and O–H groups in total. The van der Waals surface area contributed by atoms with Gasteiger partial charge in [0.15, 0.2) is 0 Å². The molecular formula is C14H24N2O2. The Labute approximate surface area is 109 Å². The lowest BCUT2D eigenvalue weighted by molar-refractivity contribution is 0.0666. The fourth-order valence-electron chi connectivity index (χ4n) is 2.59. The number of fused-ring (bicyclic) bond motifs is 1. The molecule has 0 fully saturated rings. The molecule has 1 heterocycles. The van der Waals surface area contributed by atoms with Gasteiger partial charge in [0.05, 0.1) is 19.8 Å². The van der Waals surface area contributed by atoms with Gasteiger partial charge >= 0.3 is 0 Å². The van der Waals surface area contributed by atoms with E-state index >= 15 is 0 Å². The zero-order chi connectivity index (χ0) is 12.8. The topological polar surface area (TPSA) is 35.4 Å². The Bertz CT molecular complexity index is 363. The second-order valence-corrected chi connectivity index (χ2v) is 4.82. The van der Waals surface area contributed by atoms with Crippen molar-refractivity contribution in [1.29, 1.82) is 0 Å². The molecule has 0 amide bonds. The van der Waals surface area contributed by atoms with E-state index < -0.39 is 0 Å². The predicted molar refractivity (Wildman–Crippen MR) is 71.9 cm³/mol. The number of hydrogen-bond acceptors (Lipinski definition) is 3. The van der Waals surface area contributed by atoms with E-state index in [1.54, 1.807) is 7.11 Å². The first-order valence-electron chi connectivity index (χ1n) is 6.77. The molecule has 4 nitrogen and oxygen atoms in total. The van der Waals surface area contributed by atoms with E-state index in [9.17, 15) is 0 Å². The first kappa shape index (κ1) is 13.6. The number of ether oxygens (including phenoxy) is 2. The number of nitrogens with one attached hydrogen (secondary N) is 1. The molecule has 1 unspecified atom stereocenters. The average Bonchev–Trinajstić information content (AvgIpc) is 2.81. The monoisotopic (exact) mass is 252 g/mol. The standard InChI is InChI=1S/C14H24N2O2/c1-15-14-5-3-4-12-10-16(11-13(12)14)6-7-18-9-8-17-2/h10-11,14-15H,3-9H2,1-2H3. The molecule has 1 aliphatic rings. The van der Waals surface area contributed by atoms with E-state index in [2.05, 4.69) is 22.3 Å². The van der Waals surface area contributed by atoms with Crippen molar-refractivity contribution in [3.63, 3.8) is 0 Å². The Morgan fingerprint density at radius 2 is 2.22 bits per heavy atom. The number of aryl methyl sites for hydroxylation is 1.